The molecule has 72 valence electrons. The Labute approximate surface area is 77.0 Å². The first-order valence-electron chi connectivity index (χ1n) is 3.63. The van der Waals surface area contributed by atoms with Crippen LogP contribution in [0.3, 0.4) is 0 Å². The van der Waals surface area contributed by atoms with E-state index in [9.17, 15) is 4.79 Å². The molecule has 0 aromatic carbocycles. The molecule has 14 heavy (non-hydrogen) atoms. The highest BCUT2D eigenvalue weighted by Gasteiger charge is 2.07. The predicted molar refractivity (Wildman–Crippen MR) is 46.4 cm³/mol. The van der Waals surface area contributed by atoms with Gasteiger partial charge in [-0.1, -0.05) is 0 Å². The Morgan fingerprint density at radius 1 is 1.43 bits per heavy atom. The van der Waals surface area contributed by atoms with Gasteiger partial charge in [-0.2, -0.15) is 10.2 Å². The van der Waals surface area contributed by atoms with Crippen molar-refractivity contribution in [1.29, 1.82) is 0 Å². The number of aromatic nitrogens is 4. The first kappa shape index (κ1) is 8.53. The molecule has 0 amide bonds. The number of hydrogen-bond acceptors (Lipinski definition) is 7. The zero-order valence-electron chi connectivity index (χ0n) is 6.88. The molecule has 0 atom stereocenters. The number of H-pyrrole nitrogens is 1. The van der Waals surface area contributed by atoms with E-state index in [1.165, 1.54) is 12.4 Å². The molecule has 2 aromatic rings. The lowest BCUT2D eigenvalue weighted by molar-refractivity contribution is 0.251. The number of fused-ring (bicyclic) bond motifs is 1. The average molecular weight is 194 g/mol. The second kappa shape index (κ2) is 3.01. The molecular formula is C6H6N6O2. The Hall–Kier alpha value is -2.06. The number of nitrogens with two attached hydrogens (primary N) is 1. The van der Waals surface area contributed by atoms with Crippen LogP contribution in [0.15, 0.2) is 17.2 Å². The van der Waals surface area contributed by atoms with Crippen molar-refractivity contribution in [2.75, 3.05) is 5.17 Å². The van der Waals surface area contributed by atoms with Crippen LogP contribution >= 0.6 is 0 Å². The normalized spacial score (nSPS) is 10.4. The van der Waals surface area contributed by atoms with Crippen LogP contribution in [0.2, 0.25) is 0 Å². The van der Waals surface area contributed by atoms with Gasteiger partial charge in [-0.15, -0.1) is 0 Å². The van der Waals surface area contributed by atoms with Gasteiger partial charge in [0.25, 0.3) is 5.56 Å². The van der Waals surface area contributed by atoms with Gasteiger partial charge in [0, 0.05) is 12.4 Å². The van der Waals surface area contributed by atoms with Crippen molar-refractivity contribution < 1.29 is 5.21 Å². The Morgan fingerprint density at radius 3 is 2.86 bits per heavy atom. The average Bonchev–Trinajstić information content (AvgIpc) is 2.17. The maximum absolute atomic E-state index is 11.3. The summed E-state index contributed by atoms with van der Waals surface area (Å²) in [5.41, 5.74) is -0.295. The second-order valence-electron chi connectivity index (χ2n) is 2.46. The molecule has 0 aliphatic carbocycles. The topological polar surface area (TPSA) is 121 Å². The molecule has 0 unspecified atom stereocenters. The number of hydrazine groups is 1. The van der Waals surface area contributed by atoms with Crippen LogP contribution in [0, 0.1) is 0 Å². The molecule has 0 radical (unpaired) electrons. The fourth-order valence-corrected chi connectivity index (χ4v) is 0.970. The summed E-state index contributed by atoms with van der Waals surface area (Å²) in [5, 5.41) is 9.04. The van der Waals surface area contributed by atoms with E-state index in [4.69, 9.17) is 11.0 Å². The van der Waals surface area contributed by atoms with E-state index < -0.39 is 5.56 Å². The molecular weight excluding hydrogens is 188 g/mol. The molecule has 0 saturated carbocycles. The highest BCUT2D eigenvalue weighted by atomic mass is 16.5. The first-order chi connectivity index (χ1) is 6.68. The lowest BCUT2D eigenvalue weighted by Crippen LogP contribution is -2.30. The van der Waals surface area contributed by atoms with Crippen LogP contribution in [0.25, 0.3) is 11.2 Å². The highest BCUT2D eigenvalue weighted by Crippen LogP contribution is 2.02. The van der Waals surface area contributed by atoms with Gasteiger partial charge in [0.2, 0.25) is 5.95 Å². The van der Waals surface area contributed by atoms with Gasteiger partial charge in [0.1, 0.15) is 0 Å². The molecule has 8 heteroatoms. The molecule has 0 saturated heterocycles. The minimum Gasteiger partial charge on any atom is -0.288 e. The van der Waals surface area contributed by atoms with Crippen LogP contribution in [-0.2, 0) is 0 Å². The monoisotopic (exact) mass is 194 g/mol. The number of aromatic amines is 1. The van der Waals surface area contributed by atoms with Crippen molar-refractivity contribution in [3.8, 4) is 0 Å². The minimum absolute atomic E-state index is 0.0955. The maximum atomic E-state index is 11.3. The van der Waals surface area contributed by atoms with E-state index in [0.717, 1.165) is 0 Å². The number of rotatable bonds is 1. The van der Waals surface area contributed by atoms with Crippen molar-refractivity contribution in [2.45, 2.75) is 0 Å². The minimum atomic E-state index is -0.511. The van der Waals surface area contributed by atoms with Crippen molar-refractivity contribution in [3.63, 3.8) is 0 Å². The third kappa shape index (κ3) is 1.28. The first-order valence-corrected chi connectivity index (χ1v) is 3.63. The second-order valence-corrected chi connectivity index (χ2v) is 2.46. The largest absolute Gasteiger partial charge is 0.288 e. The zero-order valence-corrected chi connectivity index (χ0v) is 6.88. The Balaban J connectivity index is 2.79. The summed E-state index contributed by atoms with van der Waals surface area (Å²) in [6.07, 6.45) is 2.76. The van der Waals surface area contributed by atoms with Crippen molar-refractivity contribution in [3.05, 3.63) is 22.7 Å². The molecule has 2 heterocycles. The lowest BCUT2D eigenvalue weighted by Gasteiger charge is -2.06. The molecule has 0 aliphatic heterocycles. The molecule has 8 nitrogen and oxygen atoms in total. The lowest BCUT2D eigenvalue weighted by atomic mass is 10.5. The van der Waals surface area contributed by atoms with Crippen molar-refractivity contribution >= 4 is 17.1 Å². The van der Waals surface area contributed by atoms with Gasteiger partial charge in [0.15, 0.2) is 11.2 Å². The third-order valence-electron chi connectivity index (χ3n) is 1.55. The Morgan fingerprint density at radius 2 is 2.14 bits per heavy atom. The number of nitrogens with zero attached hydrogens (tertiary/aromatic N) is 4. The fourth-order valence-electron chi connectivity index (χ4n) is 0.970. The molecule has 0 fully saturated rings. The van der Waals surface area contributed by atoms with E-state index in [1.807, 2.05) is 0 Å². The molecule has 2 rings (SSSR count). The van der Waals surface area contributed by atoms with Crippen molar-refractivity contribution in [1.82, 2.24) is 19.9 Å². The maximum Gasteiger partial charge on any atom is 0.280 e. The summed E-state index contributed by atoms with van der Waals surface area (Å²) < 4.78 is 0. The molecule has 0 spiro atoms. The smallest absolute Gasteiger partial charge is 0.280 e. The van der Waals surface area contributed by atoms with Gasteiger partial charge >= 0.3 is 0 Å². The highest BCUT2D eigenvalue weighted by molar-refractivity contribution is 5.68. The molecule has 4 N–H and O–H groups in total. The summed E-state index contributed by atoms with van der Waals surface area (Å²) in [5.74, 6) is 4.79. The standard InChI is InChI=1S/C6H6N6O2/c7-12(14)6-10-4-3(5(13)11-6)8-1-2-9-4/h1-2,14H,7H2,(H,9,10,11,13). The summed E-state index contributed by atoms with van der Waals surface area (Å²) in [7, 11) is 0. The summed E-state index contributed by atoms with van der Waals surface area (Å²) in [4.78, 5) is 24.9. The van der Waals surface area contributed by atoms with Crippen LogP contribution < -0.4 is 16.6 Å². The number of hydrogen-bond donors (Lipinski definition) is 3. The van der Waals surface area contributed by atoms with Crippen molar-refractivity contribution in [2.24, 2.45) is 5.84 Å². The van der Waals surface area contributed by atoms with Gasteiger partial charge in [-0.25, -0.2) is 15.8 Å². The van der Waals surface area contributed by atoms with Gasteiger partial charge in [-0.3, -0.25) is 15.0 Å². The van der Waals surface area contributed by atoms with Crippen LogP contribution in [0.4, 0.5) is 5.95 Å². The summed E-state index contributed by atoms with van der Waals surface area (Å²) >= 11 is 0. The van der Waals surface area contributed by atoms with Gasteiger partial charge in [0.05, 0.1) is 0 Å². The van der Waals surface area contributed by atoms with Gasteiger partial charge in [-0.05, 0) is 0 Å². The van der Waals surface area contributed by atoms with Crippen LogP contribution in [-0.4, -0.2) is 25.1 Å². The van der Waals surface area contributed by atoms with E-state index in [0.29, 0.717) is 0 Å². The zero-order chi connectivity index (χ0) is 10.1. The van der Waals surface area contributed by atoms with E-state index in [1.54, 1.807) is 0 Å². The van der Waals surface area contributed by atoms with Crippen LogP contribution in [0.1, 0.15) is 0 Å². The van der Waals surface area contributed by atoms with E-state index in [2.05, 4.69) is 19.9 Å². The summed E-state index contributed by atoms with van der Waals surface area (Å²) in [6, 6.07) is 0. The van der Waals surface area contributed by atoms with Crippen LogP contribution in [0.5, 0.6) is 0 Å². The molecule has 0 aliphatic rings. The molecule has 2 aromatic heterocycles. The van der Waals surface area contributed by atoms with Gasteiger partial charge < -0.3 is 0 Å². The quantitative estimate of drug-likeness (QED) is 0.384. The Bertz CT molecular complexity index is 521. The van der Waals surface area contributed by atoms with E-state index >= 15 is 0 Å². The number of nitrogens with one attached hydrogen (secondary N) is 1. The summed E-state index contributed by atoms with van der Waals surface area (Å²) in [6.45, 7) is 0. The Kier molecular flexibility index (Phi) is 1.84. The fraction of sp³-hybridized carbons (Fsp3) is 0. The van der Waals surface area contributed by atoms with E-state index in [-0.39, 0.29) is 22.3 Å². The molecule has 0 bridgehead atoms. The number of anilines is 1. The third-order valence-corrected chi connectivity index (χ3v) is 1.55. The SMILES string of the molecule is NN(O)c1nc2nccnc2c(=O)[nH]1. The predicted octanol–water partition coefficient (Wildman–Crippen LogP) is -1.22.